The lowest BCUT2D eigenvalue weighted by Gasteiger charge is -2.37. The van der Waals surface area contributed by atoms with Crippen LogP contribution in [0.2, 0.25) is 0 Å². The minimum Gasteiger partial charge on any atom is -0.313 e. The number of aryl methyl sites for hydroxylation is 1. The zero-order chi connectivity index (χ0) is 14.0. The van der Waals surface area contributed by atoms with Crippen LogP contribution in [0.25, 0.3) is 0 Å². The third kappa shape index (κ3) is 2.80. The van der Waals surface area contributed by atoms with Crippen LogP contribution < -0.4 is 5.32 Å². The van der Waals surface area contributed by atoms with Gasteiger partial charge in [0, 0.05) is 19.6 Å². The van der Waals surface area contributed by atoms with Gasteiger partial charge in [-0.05, 0) is 31.0 Å². The Morgan fingerprint density at radius 3 is 2.63 bits per heavy atom. The number of hydrogen-bond donors (Lipinski definition) is 1. The number of halogens is 1. The lowest BCUT2D eigenvalue weighted by atomic mass is 10.2. The lowest BCUT2D eigenvalue weighted by Crippen LogP contribution is -2.58. The molecule has 0 aliphatic carbocycles. The van der Waals surface area contributed by atoms with E-state index in [1.165, 1.54) is 16.4 Å². The van der Waals surface area contributed by atoms with Gasteiger partial charge in [-0.1, -0.05) is 13.0 Å². The maximum atomic E-state index is 13.3. The smallest absolute Gasteiger partial charge is 0.243 e. The van der Waals surface area contributed by atoms with Crippen LogP contribution in [-0.4, -0.2) is 38.4 Å². The molecule has 1 aliphatic heterocycles. The first kappa shape index (κ1) is 14.4. The van der Waals surface area contributed by atoms with E-state index in [0.29, 0.717) is 25.2 Å². The number of sulfonamides is 1. The fourth-order valence-electron chi connectivity index (χ4n) is 2.17. The van der Waals surface area contributed by atoms with E-state index in [4.69, 9.17) is 0 Å². The van der Waals surface area contributed by atoms with Crippen molar-refractivity contribution in [1.29, 1.82) is 0 Å². The monoisotopic (exact) mass is 286 g/mol. The van der Waals surface area contributed by atoms with Crippen molar-refractivity contribution in [3.05, 3.63) is 29.6 Å². The van der Waals surface area contributed by atoms with E-state index in [1.807, 2.05) is 6.92 Å². The van der Waals surface area contributed by atoms with E-state index in [1.54, 1.807) is 6.92 Å². The maximum absolute atomic E-state index is 13.3. The third-order valence-electron chi connectivity index (χ3n) is 3.35. The molecule has 0 unspecified atom stereocenters. The topological polar surface area (TPSA) is 49.4 Å². The van der Waals surface area contributed by atoms with Gasteiger partial charge in [-0.15, -0.1) is 0 Å². The minimum absolute atomic E-state index is 0.0207. The Bertz CT molecular complexity index is 556. The van der Waals surface area contributed by atoms with Crippen LogP contribution in [0.1, 0.15) is 18.9 Å². The number of nitrogens with one attached hydrogen (secondary N) is 1. The highest BCUT2D eigenvalue weighted by atomic mass is 32.2. The first-order valence-corrected chi connectivity index (χ1v) is 7.89. The van der Waals surface area contributed by atoms with Crippen LogP contribution in [0, 0.1) is 12.7 Å². The van der Waals surface area contributed by atoms with E-state index in [2.05, 4.69) is 5.32 Å². The zero-order valence-corrected chi connectivity index (χ0v) is 12.0. The number of hydrogen-bond acceptors (Lipinski definition) is 3. The number of nitrogens with zero attached hydrogens (tertiary/aromatic N) is 1. The lowest BCUT2D eigenvalue weighted by molar-refractivity contribution is 0.241. The van der Waals surface area contributed by atoms with Gasteiger partial charge in [0.2, 0.25) is 10.0 Å². The van der Waals surface area contributed by atoms with Gasteiger partial charge < -0.3 is 5.32 Å². The van der Waals surface area contributed by atoms with E-state index >= 15 is 0 Å². The second-order valence-corrected chi connectivity index (χ2v) is 6.70. The van der Waals surface area contributed by atoms with Crippen molar-refractivity contribution in [2.45, 2.75) is 31.2 Å². The Kier molecular flexibility index (Phi) is 4.23. The molecule has 0 saturated carbocycles. The van der Waals surface area contributed by atoms with Gasteiger partial charge in [-0.25, -0.2) is 12.8 Å². The summed E-state index contributed by atoms with van der Waals surface area (Å²) in [6, 6.07) is 3.88. The molecule has 0 atom stereocenters. The van der Waals surface area contributed by atoms with Crippen LogP contribution >= 0.6 is 0 Å². The first-order chi connectivity index (χ1) is 8.96. The molecule has 1 aromatic carbocycles. The van der Waals surface area contributed by atoms with Gasteiger partial charge in [0.25, 0.3) is 0 Å². The summed E-state index contributed by atoms with van der Waals surface area (Å²) >= 11 is 0. The number of rotatable bonds is 5. The molecule has 0 radical (unpaired) electrons. The Hall–Kier alpha value is -0.980. The quantitative estimate of drug-likeness (QED) is 0.892. The molecule has 1 saturated heterocycles. The molecule has 1 heterocycles. The standard InChI is InChI=1S/C13H19FN2O2S/c1-3-6-16(12-8-15-9-12)19(17,18)13-7-11(14)5-4-10(13)2/h4-5,7,12,15H,3,6,8-9H2,1-2H3. The summed E-state index contributed by atoms with van der Waals surface area (Å²) < 4.78 is 40.1. The Labute approximate surface area is 113 Å². The molecule has 1 aromatic rings. The largest absolute Gasteiger partial charge is 0.313 e. The molecule has 106 valence electrons. The Morgan fingerprint density at radius 2 is 2.11 bits per heavy atom. The van der Waals surface area contributed by atoms with Gasteiger partial charge in [-0.3, -0.25) is 0 Å². The summed E-state index contributed by atoms with van der Waals surface area (Å²) in [5.41, 5.74) is 0.579. The van der Waals surface area contributed by atoms with Crippen LogP contribution in [0.15, 0.2) is 23.1 Å². The number of benzene rings is 1. The van der Waals surface area contributed by atoms with Gasteiger partial charge in [0.15, 0.2) is 0 Å². The van der Waals surface area contributed by atoms with Crippen molar-refractivity contribution in [2.75, 3.05) is 19.6 Å². The van der Waals surface area contributed by atoms with Crippen LogP contribution in [-0.2, 0) is 10.0 Å². The Morgan fingerprint density at radius 1 is 1.42 bits per heavy atom. The summed E-state index contributed by atoms with van der Waals surface area (Å²) in [6.45, 7) is 5.41. The molecular formula is C13H19FN2O2S. The van der Waals surface area contributed by atoms with Crippen LogP contribution in [0.5, 0.6) is 0 Å². The van der Waals surface area contributed by atoms with Gasteiger partial charge in [-0.2, -0.15) is 4.31 Å². The molecule has 4 nitrogen and oxygen atoms in total. The molecule has 1 fully saturated rings. The van der Waals surface area contributed by atoms with E-state index in [0.717, 1.165) is 12.5 Å². The van der Waals surface area contributed by atoms with Gasteiger partial charge in [0.05, 0.1) is 10.9 Å². The molecule has 0 bridgehead atoms. The first-order valence-electron chi connectivity index (χ1n) is 6.45. The fraction of sp³-hybridized carbons (Fsp3) is 0.538. The van der Waals surface area contributed by atoms with Crippen molar-refractivity contribution in [2.24, 2.45) is 0 Å². The van der Waals surface area contributed by atoms with Crippen LogP contribution in [0.3, 0.4) is 0 Å². The summed E-state index contributed by atoms with van der Waals surface area (Å²) in [6.07, 6.45) is 0.740. The van der Waals surface area contributed by atoms with Gasteiger partial charge in [0.1, 0.15) is 5.82 Å². The van der Waals surface area contributed by atoms with Gasteiger partial charge >= 0.3 is 0 Å². The summed E-state index contributed by atoms with van der Waals surface area (Å²) in [7, 11) is -3.62. The van der Waals surface area contributed by atoms with Crippen molar-refractivity contribution in [1.82, 2.24) is 9.62 Å². The normalized spacial score (nSPS) is 16.6. The molecule has 0 aromatic heterocycles. The molecule has 1 N–H and O–H groups in total. The second-order valence-electron chi connectivity index (χ2n) is 4.84. The molecule has 2 rings (SSSR count). The molecule has 0 spiro atoms. The highest BCUT2D eigenvalue weighted by Crippen LogP contribution is 2.24. The zero-order valence-electron chi connectivity index (χ0n) is 11.2. The fourth-order valence-corrected chi connectivity index (χ4v) is 4.13. The molecule has 0 amide bonds. The van der Waals surface area contributed by atoms with Crippen LogP contribution in [0.4, 0.5) is 4.39 Å². The molecule has 1 aliphatic rings. The van der Waals surface area contributed by atoms with E-state index < -0.39 is 15.8 Å². The summed E-state index contributed by atoms with van der Waals surface area (Å²) in [5, 5.41) is 3.07. The van der Waals surface area contributed by atoms with Crippen molar-refractivity contribution < 1.29 is 12.8 Å². The maximum Gasteiger partial charge on any atom is 0.243 e. The average Bonchev–Trinajstić information content (AvgIpc) is 2.29. The third-order valence-corrected chi connectivity index (χ3v) is 5.44. The predicted octanol–water partition coefficient (Wildman–Crippen LogP) is 1.51. The predicted molar refractivity (Wildman–Crippen MR) is 72.0 cm³/mol. The van der Waals surface area contributed by atoms with Crippen molar-refractivity contribution >= 4 is 10.0 Å². The van der Waals surface area contributed by atoms with E-state index in [-0.39, 0.29) is 10.9 Å². The SMILES string of the molecule is CCCN(C1CNC1)S(=O)(=O)c1cc(F)ccc1C. The van der Waals surface area contributed by atoms with Crippen molar-refractivity contribution in [3.63, 3.8) is 0 Å². The second kappa shape index (κ2) is 5.56. The molecule has 19 heavy (non-hydrogen) atoms. The summed E-state index contributed by atoms with van der Waals surface area (Å²) in [5.74, 6) is -0.521. The minimum atomic E-state index is -3.62. The van der Waals surface area contributed by atoms with Crippen molar-refractivity contribution in [3.8, 4) is 0 Å². The average molecular weight is 286 g/mol. The molecular weight excluding hydrogens is 267 g/mol. The molecule has 6 heteroatoms. The van der Waals surface area contributed by atoms with E-state index in [9.17, 15) is 12.8 Å². The highest BCUT2D eigenvalue weighted by molar-refractivity contribution is 7.89. The Balaban J connectivity index is 2.40. The highest BCUT2D eigenvalue weighted by Gasteiger charge is 2.35. The summed E-state index contributed by atoms with van der Waals surface area (Å²) in [4.78, 5) is 0.0767.